The molecule has 0 atom stereocenters. The maximum absolute atomic E-state index is 12.3. The maximum atomic E-state index is 12.3. The molecule has 2 nitrogen and oxygen atoms in total. The summed E-state index contributed by atoms with van der Waals surface area (Å²) in [6.07, 6.45) is -4.36. The molecule has 1 aromatic carbocycles. The van der Waals surface area contributed by atoms with E-state index in [0.29, 0.717) is 9.64 Å². The van der Waals surface area contributed by atoms with E-state index in [9.17, 15) is 18.3 Å². The summed E-state index contributed by atoms with van der Waals surface area (Å²) >= 11 is 6.10. The Morgan fingerprint density at radius 3 is 2.18 bits per heavy atom. The Hall–Kier alpha value is -1.34. The van der Waals surface area contributed by atoms with Gasteiger partial charge in [0.1, 0.15) is 0 Å². The number of alkyl halides is 3. The van der Waals surface area contributed by atoms with Crippen LogP contribution in [-0.4, -0.2) is 9.67 Å². The van der Waals surface area contributed by atoms with Crippen LogP contribution in [-0.2, 0) is 6.18 Å². The number of nitrogens with zero attached hydrogens (tertiary/aromatic N) is 1. The summed E-state index contributed by atoms with van der Waals surface area (Å²) in [5.74, 6) is -0.0836. The Kier molecular flexibility index (Phi) is 2.96. The van der Waals surface area contributed by atoms with Gasteiger partial charge in [-0.15, -0.1) is 11.3 Å². The van der Waals surface area contributed by atoms with Gasteiger partial charge in [-0.2, -0.15) is 13.2 Å². The number of hydrogen-bond donors (Lipinski definition) is 1. The van der Waals surface area contributed by atoms with E-state index in [4.69, 9.17) is 12.2 Å². The van der Waals surface area contributed by atoms with Crippen LogP contribution in [0, 0.1) is 3.95 Å². The standard InChI is InChI=1S/C10H6F3NOS2/c11-10(12,13)6-1-3-7(4-2-6)14-8(15)5-17-9(14)16/h1-5,15H. The summed E-state index contributed by atoms with van der Waals surface area (Å²) in [5.41, 5.74) is -0.329. The van der Waals surface area contributed by atoms with E-state index in [2.05, 4.69) is 0 Å². The molecule has 2 rings (SSSR count). The fourth-order valence-corrected chi connectivity index (χ4v) is 2.30. The van der Waals surface area contributed by atoms with Crippen molar-refractivity contribution in [1.82, 2.24) is 4.57 Å². The van der Waals surface area contributed by atoms with Crippen molar-refractivity contribution in [3.63, 3.8) is 0 Å². The first-order chi connectivity index (χ1) is 7.89. The average Bonchev–Trinajstić information content (AvgIpc) is 2.58. The fourth-order valence-electron chi connectivity index (χ4n) is 1.34. The minimum Gasteiger partial charge on any atom is -0.494 e. The molecule has 90 valence electrons. The average molecular weight is 277 g/mol. The molecule has 1 heterocycles. The monoisotopic (exact) mass is 277 g/mol. The normalized spacial score (nSPS) is 11.7. The van der Waals surface area contributed by atoms with Crippen LogP contribution in [0.5, 0.6) is 5.88 Å². The van der Waals surface area contributed by atoms with E-state index in [0.717, 1.165) is 23.5 Å². The number of aromatic hydroxyl groups is 1. The van der Waals surface area contributed by atoms with Crippen LogP contribution < -0.4 is 0 Å². The van der Waals surface area contributed by atoms with Crippen molar-refractivity contribution in [3.05, 3.63) is 39.2 Å². The molecule has 0 saturated heterocycles. The number of hydrogen-bond acceptors (Lipinski definition) is 3. The van der Waals surface area contributed by atoms with Gasteiger partial charge >= 0.3 is 6.18 Å². The third-order valence-corrected chi connectivity index (χ3v) is 3.31. The van der Waals surface area contributed by atoms with Crippen LogP contribution in [0.1, 0.15) is 5.56 Å². The molecule has 0 saturated carbocycles. The summed E-state index contributed by atoms with van der Waals surface area (Å²) in [6, 6.07) is 4.44. The van der Waals surface area contributed by atoms with Gasteiger partial charge in [0.15, 0.2) is 3.95 Å². The molecule has 0 aliphatic heterocycles. The van der Waals surface area contributed by atoms with Crippen LogP contribution in [0.25, 0.3) is 5.69 Å². The number of halogens is 3. The lowest BCUT2D eigenvalue weighted by molar-refractivity contribution is -0.137. The van der Waals surface area contributed by atoms with Gasteiger partial charge in [-0.25, -0.2) is 0 Å². The van der Waals surface area contributed by atoms with Gasteiger partial charge in [0, 0.05) is 0 Å². The highest BCUT2D eigenvalue weighted by atomic mass is 32.1. The van der Waals surface area contributed by atoms with Crippen molar-refractivity contribution >= 4 is 23.6 Å². The maximum Gasteiger partial charge on any atom is 0.416 e. The van der Waals surface area contributed by atoms with Gasteiger partial charge in [0.25, 0.3) is 0 Å². The van der Waals surface area contributed by atoms with Crippen LogP contribution >= 0.6 is 23.6 Å². The second-order valence-electron chi connectivity index (χ2n) is 3.24. The molecular weight excluding hydrogens is 271 g/mol. The number of aromatic nitrogens is 1. The number of thiazole rings is 1. The fraction of sp³-hybridized carbons (Fsp3) is 0.100. The molecular formula is C10H6F3NOS2. The van der Waals surface area contributed by atoms with Crippen molar-refractivity contribution in [2.75, 3.05) is 0 Å². The smallest absolute Gasteiger partial charge is 0.416 e. The Labute approximate surface area is 104 Å². The van der Waals surface area contributed by atoms with Crippen LogP contribution in [0.2, 0.25) is 0 Å². The molecule has 0 radical (unpaired) electrons. The van der Waals surface area contributed by atoms with Crippen molar-refractivity contribution in [1.29, 1.82) is 0 Å². The highest BCUT2D eigenvalue weighted by molar-refractivity contribution is 7.73. The predicted octanol–water partition coefficient (Wildman–Crippen LogP) is 3.99. The van der Waals surface area contributed by atoms with Crippen molar-refractivity contribution < 1.29 is 18.3 Å². The lowest BCUT2D eigenvalue weighted by Gasteiger charge is -2.08. The molecule has 0 fully saturated rings. The Morgan fingerprint density at radius 2 is 1.76 bits per heavy atom. The largest absolute Gasteiger partial charge is 0.494 e. The van der Waals surface area contributed by atoms with Gasteiger partial charge in [-0.1, -0.05) is 0 Å². The van der Waals surface area contributed by atoms with Crippen LogP contribution in [0.15, 0.2) is 29.6 Å². The first kappa shape index (κ1) is 12.1. The first-order valence-electron chi connectivity index (χ1n) is 4.47. The second-order valence-corrected chi connectivity index (χ2v) is 4.74. The van der Waals surface area contributed by atoms with E-state index in [-0.39, 0.29) is 5.88 Å². The van der Waals surface area contributed by atoms with E-state index >= 15 is 0 Å². The third kappa shape index (κ3) is 2.34. The number of benzene rings is 1. The minimum atomic E-state index is -4.36. The molecule has 0 amide bonds. The predicted molar refractivity (Wildman–Crippen MR) is 61.1 cm³/mol. The zero-order valence-corrected chi connectivity index (χ0v) is 9.86. The first-order valence-corrected chi connectivity index (χ1v) is 5.75. The molecule has 1 N–H and O–H groups in total. The van der Waals surface area contributed by atoms with Gasteiger partial charge in [-0.3, -0.25) is 4.57 Å². The van der Waals surface area contributed by atoms with Crippen molar-refractivity contribution in [2.24, 2.45) is 0 Å². The SMILES string of the molecule is Oc1csc(=S)n1-c1ccc(C(F)(F)F)cc1. The highest BCUT2D eigenvalue weighted by Gasteiger charge is 2.30. The Balaban J connectivity index is 2.47. The summed E-state index contributed by atoms with van der Waals surface area (Å²) in [4.78, 5) is 0. The van der Waals surface area contributed by atoms with Gasteiger partial charge in [-0.05, 0) is 36.5 Å². The highest BCUT2D eigenvalue weighted by Crippen LogP contribution is 2.30. The molecule has 7 heteroatoms. The molecule has 0 bridgehead atoms. The lowest BCUT2D eigenvalue weighted by Crippen LogP contribution is -2.04. The number of rotatable bonds is 1. The Morgan fingerprint density at radius 1 is 1.18 bits per heavy atom. The zero-order valence-electron chi connectivity index (χ0n) is 8.23. The van der Waals surface area contributed by atoms with E-state index in [1.807, 2.05) is 0 Å². The van der Waals surface area contributed by atoms with E-state index in [1.165, 1.54) is 22.1 Å². The Bertz CT molecular complexity index is 583. The van der Waals surface area contributed by atoms with Crippen molar-refractivity contribution in [2.45, 2.75) is 6.18 Å². The molecule has 0 spiro atoms. The van der Waals surface area contributed by atoms with Gasteiger partial charge in [0.05, 0.1) is 16.6 Å². The third-order valence-electron chi connectivity index (χ3n) is 2.13. The molecule has 0 aliphatic carbocycles. The van der Waals surface area contributed by atoms with E-state index < -0.39 is 11.7 Å². The topological polar surface area (TPSA) is 25.2 Å². The van der Waals surface area contributed by atoms with E-state index in [1.54, 1.807) is 0 Å². The molecule has 0 aliphatic rings. The molecule has 2 aromatic rings. The van der Waals surface area contributed by atoms with Crippen molar-refractivity contribution in [3.8, 4) is 11.6 Å². The summed E-state index contributed by atoms with van der Waals surface area (Å²) in [7, 11) is 0. The van der Waals surface area contributed by atoms with Gasteiger partial charge in [0.2, 0.25) is 5.88 Å². The molecule has 1 aromatic heterocycles. The molecule has 0 unspecified atom stereocenters. The summed E-state index contributed by atoms with van der Waals surface area (Å²) < 4.78 is 38.7. The minimum absolute atomic E-state index is 0.0836. The quantitative estimate of drug-likeness (QED) is 0.797. The van der Waals surface area contributed by atoms with Crippen LogP contribution in [0.3, 0.4) is 0 Å². The van der Waals surface area contributed by atoms with Crippen LogP contribution in [0.4, 0.5) is 13.2 Å². The molecule has 17 heavy (non-hydrogen) atoms. The zero-order chi connectivity index (χ0) is 12.6. The van der Waals surface area contributed by atoms with Gasteiger partial charge < -0.3 is 5.11 Å². The summed E-state index contributed by atoms with van der Waals surface area (Å²) in [6.45, 7) is 0. The second kappa shape index (κ2) is 4.15. The summed E-state index contributed by atoms with van der Waals surface area (Å²) in [5, 5.41) is 10.9. The lowest BCUT2D eigenvalue weighted by atomic mass is 10.2.